The largest absolute Gasteiger partial charge is 0.512 e. The van der Waals surface area contributed by atoms with Crippen molar-refractivity contribution in [2.24, 2.45) is 17.3 Å². The van der Waals surface area contributed by atoms with Gasteiger partial charge in [0.2, 0.25) is 0 Å². The number of hydrogen-bond acceptors (Lipinski definition) is 3. The zero-order valence-corrected chi connectivity index (χ0v) is 34.7. The summed E-state index contributed by atoms with van der Waals surface area (Å²) < 4.78 is 5.07. The molecule has 0 saturated carbocycles. The van der Waals surface area contributed by atoms with Gasteiger partial charge in [0.05, 0.1) is 5.76 Å². The number of carbonyl (C=O) groups is 1. The molecule has 4 heterocycles. The molecule has 52 heavy (non-hydrogen) atoms. The van der Waals surface area contributed by atoms with E-state index in [2.05, 4.69) is 116 Å². The number of ketones is 1. The van der Waals surface area contributed by atoms with E-state index in [-0.39, 0.29) is 55.9 Å². The minimum absolute atomic E-state index is 0. The fourth-order valence-electron chi connectivity index (χ4n) is 8.16. The molecule has 3 aromatic carbocycles. The third-order valence-electron chi connectivity index (χ3n) is 10.8. The van der Waals surface area contributed by atoms with E-state index in [4.69, 9.17) is 4.98 Å². The summed E-state index contributed by atoms with van der Waals surface area (Å²) in [4.78, 5) is 16.7. The molecule has 1 radical (unpaired) electrons. The minimum Gasteiger partial charge on any atom is -0.512 e. The SMILES string of the molecule is CCC(CC)C(=O)/C=C(\O)C(CC)CC.Cc1cccc(C)c1B1n2c([c-]c3ccccc32)-c2nccc3c4cccc(CC(C)(C)C)c4n1c23.[Ir]. The number of fused-ring (bicyclic) bond motifs is 7. The van der Waals surface area contributed by atoms with E-state index in [1.807, 2.05) is 33.9 Å². The summed E-state index contributed by atoms with van der Waals surface area (Å²) in [5.41, 5.74) is 11.4. The second kappa shape index (κ2) is 16.0. The summed E-state index contributed by atoms with van der Waals surface area (Å²) in [5.74, 6) is 0.547. The first-order valence-electron chi connectivity index (χ1n) is 18.9. The molecule has 7 heteroatoms. The Balaban J connectivity index is 0.000000280. The summed E-state index contributed by atoms with van der Waals surface area (Å²) in [5, 5.41) is 13.5. The normalized spacial score (nSPS) is 12.8. The van der Waals surface area contributed by atoms with Crippen LogP contribution in [0.4, 0.5) is 0 Å². The number of allylic oxidation sites excluding steroid dienone is 2. The first kappa shape index (κ1) is 39.3. The van der Waals surface area contributed by atoms with Crippen LogP contribution in [0.5, 0.6) is 0 Å². The molecule has 3 aromatic heterocycles. The van der Waals surface area contributed by atoms with Gasteiger partial charge in [-0.15, -0.1) is 23.6 Å². The van der Waals surface area contributed by atoms with Gasteiger partial charge in [0.25, 0.3) is 0 Å². The fraction of sp³-hybridized carbons (Fsp3) is 0.378. The molecule has 5 nitrogen and oxygen atoms in total. The van der Waals surface area contributed by atoms with Gasteiger partial charge in [0, 0.05) is 71.7 Å². The van der Waals surface area contributed by atoms with Gasteiger partial charge in [-0.3, -0.25) is 4.79 Å². The van der Waals surface area contributed by atoms with Crippen LogP contribution in [0.15, 0.2) is 84.8 Å². The Morgan fingerprint density at radius 1 is 0.827 bits per heavy atom. The second-order valence-corrected chi connectivity index (χ2v) is 15.5. The molecule has 1 aliphatic rings. The molecule has 0 spiro atoms. The van der Waals surface area contributed by atoms with Gasteiger partial charge in [-0.25, -0.2) is 0 Å². The summed E-state index contributed by atoms with van der Waals surface area (Å²) in [6.45, 7) is 19.5. The van der Waals surface area contributed by atoms with Crippen LogP contribution in [-0.4, -0.2) is 31.8 Å². The van der Waals surface area contributed by atoms with E-state index in [0.29, 0.717) is 0 Å². The summed E-state index contributed by atoms with van der Waals surface area (Å²) in [7, 11) is 0. The molecule has 6 aromatic rings. The van der Waals surface area contributed by atoms with Crippen molar-refractivity contribution in [3.8, 4) is 11.4 Å². The van der Waals surface area contributed by atoms with Crippen LogP contribution in [0.1, 0.15) is 90.8 Å². The number of pyridine rings is 1. The molecule has 1 aliphatic heterocycles. The monoisotopic (exact) mass is 871 g/mol. The van der Waals surface area contributed by atoms with E-state index in [0.717, 1.165) is 48.9 Å². The van der Waals surface area contributed by atoms with Crippen LogP contribution in [0.25, 0.3) is 44.1 Å². The van der Waals surface area contributed by atoms with E-state index in [9.17, 15) is 9.90 Å². The number of nitrogens with zero attached hydrogens (tertiary/aromatic N) is 3. The maximum absolute atomic E-state index is 11.7. The van der Waals surface area contributed by atoms with Crippen molar-refractivity contribution in [1.82, 2.24) is 13.9 Å². The number of para-hydroxylation sites is 2. The van der Waals surface area contributed by atoms with Crippen LogP contribution < -0.4 is 5.46 Å². The van der Waals surface area contributed by atoms with Crippen molar-refractivity contribution < 1.29 is 30.0 Å². The maximum atomic E-state index is 11.7. The third-order valence-corrected chi connectivity index (χ3v) is 10.8. The Labute approximate surface area is 324 Å². The maximum Gasteiger partial charge on any atom is 0.410 e. The van der Waals surface area contributed by atoms with E-state index in [1.54, 1.807) is 0 Å². The van der Waals surface area contributed by atoms with Crippen LogP contribution in [0.3, 0.4) is 0 Å². The molecule has 7 rings (SSSR count). The van der Waals surface area contributed by atoms with Crippen LogP contribution in [-0.2, 0) is 31.3 Å². The van der Waals surface area contributed by atoms with E-state index in [1.165, 1.54) is 55.6 Å². The van der Waals surface area contributed by atoms with Gasteiger partial charge in [0.15, 0.2) is 5.78 Å². The Kier molecular flexibility index (Phi) is 12.1. The summed E-state index contributed by atoms with van der Waals surface area (Å²) >= 11 is 0. The van der Waals surface area contributed by atoms with Gasteiger partial charge in [-0.05, 0) is 79.7 Å². The predicted molar refractivity (Wildman–Crippen MR) is 216 cm³/mol. The number of rotatable bonds is 9. The van der Waals surface area contributed by atoms with Crippen molar-refractivity contribution in [1.29, 1.82) is 0 Å². The molecule has 0 aliphatic carbocycles. The number of aliphatic hydroxyl groups excluding tert-OH is 1. The number of aromatic nitrogens is 3. The molecule has 0 saturated heterocycles. The molecule has 273 valence electrons. The standard InChI is InChI=1S/C32H29BN3.C13H24O2.Ir/c1-20-10-8-11-21(2)28(20)33-35-26-15-7-6-12-22(26)18-27(35)29-31-25(16-17-34-29)24-14-9-13-23(19-32(3,4)5)30(24)36(31)33;1-5-10(6-2)12(14)9-13(15)11(7-3)8-4;/h6-17H,19H2,1-5H3;9-11,14H,5-8H2,1-4H3;/q-1;;/b;12-9-;. The minimum atomic E-state index is -0.0184. The Hall–Kier alpha value is -3.93. The summed E-state index contributed by atoms with van der Waals surface area (Å²) in [6.07, 6.45) is 7.88. The van der Waals surface area contributed by atoms with Crippen molar-refractivity contribution in [2.75, 3.05) is 0 Å². The molecule has 0 bridgehead atoms. The average Bonchev–Trinajstić information content (AvgIpc) is 3.65. The van der Waals surface area contributed by atoms with Gasteiger partial charge in [0.1, 0.15) is 0 Å². The summed E-state index contributed by atoms with van der Waals surface area (Å²) in [6, 6.07) is 28.0. The first-order chi connectivity index (χ1) is 24.4. The number of aliphatic hydroxyl groups is 1. The van der Waals surface area contributed by atoms with Gasteiger partial charge in [-0.2, -0.15) is 0 Å². The number of carbonyl (C=O) groups excluding carboxylic acids is 1. The number of hydrogen-bond donors (Lipinski definition) is 1. The molecule has 0 unspecified atom stereocenters. The van der Waals surface area contributed by atoms with Gasteiger partial charge < -0.3 is 19.0 Å². The molecule has 0 fully saturated rings. The van der Waals surface area contributed by atoms with E-state index < -0.39 is 0 Å². The van der Waals surface area contributed by atoms with Crippen molar-refractivity contribution in [3.63, 3.8) is 0 Å². The van der Waals surface area contributed by atoms with Crippen LogP contribution in [0.2, 0.25) is 0 Å². The van der Waals surface area contributed by atoms with Gasteiger partial charge >= 0.3 is 6.98 Å². The molecular formula is C45H53BIrN3O2-. The van der Waals surface area contributed by atoms with Crippen molar-refractivity contribution >= 4 is 50.9 Å². The number of aryl methyl sites for hydroxylation is 2. The quantitative estimate of drug-likeness (QED) is 0.0680. The van der Waals surface area contributed by atoms with Crippen LogP contribution in [0, 0.1) is 37.2 Å². The Bertz CT molecular complexity index is 2230. The van der Waals surface area contributed by atoms with E-state index >= 15 is 0 Å². The predicted octanol–water partition coefficient (Wildman–Crippen LogP) is 10.8. The third kappa shape index (κ3) is 7.19. The van der Waals surface area contributed by atoms with Gasteiger partial charge in [-0.1, -0.05) is 108 Å². The fourth-order valence-corrected chi connectivity index (χ4v) is 8.16. The topological polar surface area (TPSA) is 60.0 Å². The zero-order chi connectivity index (χ0) is 36.6. The Morgan fingerprint density at radius 2 is 1.44 bits per heavy atom. The Morgan fingerprint density at radius 3 is 2.08 bits per heavy atom. The molecular weight excluding hydrogens is 818 g/mol. The number of benzene rings is 3. The second-order valence-electron chi connectivity index (χ2n) is 15.5. The van der Waals surface area contributed by atoms with Crippen molar-refractivity contribution in [2.45, 2.75) is 94.4 Å². The smallest absolute Gasteiger partial charge is 0.410 e. The first-order valence-corrected chi connectivity index (χ1v) is 18.9. The van der Waals surface area contributed by atoms with Crippen molar-refractivity contribution in [3.05, 3.63) is 108 Å². The molecule has 1 N–H and O–H groups in total. The average molecular weight is 871 g/mol. The molecule has 0 atom stereocenters. The van der Waals surface area contributed by atoms with Crippen LogP contribution >= 0.6 is 0 Å². The zero-order valence-electron chi connectivity index (χ0n) is 32.3. The molecule has 0 amide bonds.